The number of halogens is 1. The second-order valence-corrected chi connectivity index (χ2v) is 5.22. The number of anilines is 1. The summed E-state index contributed by atoms with van der Waals surface area (Å²) in [5, 5.41) is 5.51. The Labute approximate surface area is 112 Å². The van der Waals surface area contributed by atoms with E-state index in [-0.39, 0.29) is 6.23 Å². The molecule has 1 aliphatic heterocycles. The molecule has 3 rings (SSSR count). The van der Waals surface area contributed by atoms with Crippen LogP contribution in [0.2, 0.25) is 0 Å². The number of nitrogen functional groups attached to an aromatic ring is 1. The fourth-order valence-corrected chi connectivity index (χ4v) is 2.75. The molecule has 1 atom stereocenters. The second kappa shape index (κ2) is 4.41. The van der Waals surface area contributed by atoms with Crippen molar-refractivity contribution in [3.05, 3.63) is 16.0 Å². The largest absolute Gasteiger partial charge is 0.397 e. The van der Waals surface area contributed by atoms with Gasteiger partial charge in [0.2, 0.25) is 0 Å². The number of ether oxygens (including phenoxy) is 1. The molecule has 1 aliphatic rings. The minimum Gasteiger partial charge on any atom is -0.397 e. The van der Waals surface area contributed by atoms with Crippen LogP contribution >= 0.6 is 22.6 Å². The molecule has 0 bridgehead atoms. The third-order valence-corrected chi connectivity index (χ3v) is 3.75. The van der Waals surface area contributed by atoms with E-state index in [1.807, 2.05) is 10.7 Å². The zero-order valence-electron chi connectivity index (χ0n) is 9.27. The Balaban J connectivity index is 2.10. The summed E-state index contributed by atoms with van der Waals surface area (Å²) >= 11 is 2.21. The van der Waals surface area contributed by atoms with E-state index in [1.54, 1.807) is 6.20 Å². The van der Waals surface area contributed by atoms with Gasteiger partial charge < -0.3 is 10.5 Å². The standard InChI is InChI=1S/C11H13IN4O/c12-10-8-5-7(13)6-14-11(8)16(15-10)9-3-1-2-4-17-9/h5-6,9H,1-4,13H2. The van der Waals surface area contributed by atoms with E-state index in [2.05, 4.69) is 32.7 Å². The fraction of sp³-hybridized carbons (Fsp3) is 0.455. The molecule has 2 aromatic rings. The van der Waals surface area contributed by atoms with Crippen LogP contribution in [0.1, 0.15) is 25.5 Å². The molecule has 17 heavy (non-hydrogen) atoms. The Morgan fingerprint density at radius 2 is 2.35 bits per heavy atom. The molecule has 2 aromatic heterocycles. The number of hydrogen-bond acceptors (Lipinski definition) is 4. The molecule has 2 N–H and O–H groups in total. The average Bonchev–Trinajstić information content (AvgIpc) is 2.68. The van der Waals surface area contributed by atoms with Crippen LogP contribution in [0.15, 0.2) is 12.3 Å². The number of pyridine rings is 1. The lowest BCUT2D eigenvalue weighted by molar-refractivity contribution is -0.0372. The molecule has 0 saturated carbocycles. The van der Waals surface area contributed by atoms with E-state index in [0.29, 0.717) is 5.69 Å². The summed E-state index contributed by atoms with van der Waals surface area (Å²) in [5.74, 6) is 0. The molecule has 3 heterocycles. The second-order valence-electron chi connectivity index (χ2n) is 4.20. The van der Waals surface area contributed by atoms with Gasteiger partial charge in [0.15, 0.2) is 11.9 Å². The van der Waals surface area contributed by atoms with Gasteiger partial charge in [-0.1, -0.05) is 0 Å². The predicted molar refractivity (Wildman–Crippen MR) is 73.5 cm³/mol. The number of nitrogens with two attached hydrogens (primary N) is 1. The average molecular weight is 344 g/mol. The Morgan fingerprint density at radius 3 is 3.12 bits per heavy atom. The molecule has 1 fully saturated rings. The van der Waals surface area contributed by atoms with Gasteiger partial charge in [-0.05, 0) is 47.9 Å². The monoisotopic (exact) mass is 344 g/mol. The van der Waals surface area contributed by atoms with Gasteiger partial charge in [-0.2, -0.15) is 5.10 Å². The Hall–Kier alpha value is -0.890. The summed E-state index contributed by atoms with van der Waals surface area (Å²) in [7, 11) is 0. The van der Waals surface area contributed by atoms with Crippen molar-refractivity contribution in [3.8, 4) is 0 Å². The summed E-state index contributed by atoms with van der Waals surface area (Å²) in [5.41, 5.74) is 7.27. The molecule has 0 amide bonds. The smallest absolute Gasteiger partial charge is 0.161 e. The van der Waals surface area contributed by atoms with Gasteiger partial charge in [-0.15, -0.1) is 0 Å². The van der Waals surface area contributed by atoms with Crippen LogP contribution in [-0.4, -0.2) is 21.4 Å². The topological polar surface area (TPSA) is 66.0 Å². The number of nitrogens with zero attached hydrogens (tertiary/aromatic N) is 3. The lowest BCUT2D eigenvalue weighted by Gasteiger charge is -2.22. The van der Waals surface area contributed by atoms with Crippen molar-refractivity contribution in [2.45, 2.75) is 25.5 Å². The first-order valence-corrected chi connectivity index (χ1v) is 6.74. The van der Waals surface area contributed by atoms with Crippen LogP contribution in [0.5, 0.6) is 0 Å². The fourth-order valence-electron chi connectivity index (χ4n) is 2.12. The van der Waals surface area contributed by atoms with Crippen molar-refractivity contribution >= 4 is 39.3 Å². The third kappa shape index (κ3) is 1.99. The van der Waals surface area contributed by atoms with Gasteiger partial charge in [0.05, 0.1) is 17.3 Å². The lowest BCUT2D eigenvalue weighted by atomic mass is 10.2. The normalized spacial score (nSPS) is 20.9. The van der Waals surface area contributed by atoms with Gasteiger partial charge in [-0.25, -0.2) is 9.67 Å². The zero-order chi connectivity index (χ0) is 11.8. The lowest BCUT2D eigenvalue weighted by Crippen LogP contribution is -2.19. The molecular weight excluding hydrogens is 331 g/mol. The minimum absolute atomic E-state index is 0.0193. The maximum Gasteiger partial charge on any atom is 0.161 e. The highest BCUT2D eigenvalue weighted by Crippen LogP contribution is 2.28. The van der Waals surface area contributed by atoms with Gasteiger partial charge in [0, 0.05) is 6.61 Å². The molecule has 0 radical (unpaired) electrons. The maximum absolute atomic E-state index is 5.75. The maximum atomic E-state index is 5.75. The number of aromatic nitrogens is 3. The molecule has 5 nitrogen and oxygen atoms in total. The number of hydrogen-bond donors (Lipinski definition) is 1. The summed E-state index contributed by atoms with van der Waals surface area (Å²) in [4.78, 5) is 4.37. The molecule has 0 spiro atoms. The van der Waals surface area contributed by atoms with E-state index in [1.165, 1.54) is 6.42 Å². The summed E-state index contributed by atoms with van der Waals surface area (Å²) in [6, 6.07) is 1.91. The SMILES string of the molecule is Nc1cnc2c(c1)c(I)nn2C1CCCCO1. The van der Waals surface area contributed by atoms with Crippen molar-refractivity contribution in [1.29, 1.82) is 0 Å². The Morgan fingerprint density at radius 1 is 1.47 bits per heavy atom. The van der Waals surface area contributed by atoms with Gasteiger partial charge >= 0.3 is 0 Å². The summed E-state index contributed by atoms with van der Waals surface area (Å²) < 4.78 is 8.55. The number of rotatable bonds is 1. The molecule has 1 unspecified atom stereocenters. The Bertz CT molecular complexity index is 548. The minimum atomic E-state index is 0.0193. The van der Waals surface area contributed by atoms with Crippen LogP contribution < -0.4 is 5.73 Å². The molecule has 0 aliphatic carbocycles. The van der Waals surface area contributed by atoms with Crippen LogP contribution in [0.25, 0.3) is 11.0 Å². The number of fused-ring (bicyclic) bond motifs is 1. The van der Waals surface area contributed by atoms with Crippen LogP contribution in [0.3, 0.4) is 0 Å². The predicted octanol–water partition coefficient (Wildman–Crippen LogP) is 2.32. The first kappa shape index (κ1) is 11.2. The van der Waals surface area contributed by atoms with Crippen molar-refractivity contribution < 1.29 is 4.74 Å². The van der Waals surface area contributed by atoms with E-state index in [4.69, 9.17) is 10.5 Å². The highest BCUT2D eigenvalue weighted by molar-refractivity contribution is 14.1. The van der Waals surface area contributed by atoms with Crippen LogP contribution in [0.4, 0.5) is 5.69 Å². The van der Waals surface area contributed by atoms with Crippen molar-refractivity contribution in [2.75, 3.05) is 12.3 Å². The Kier molecular flexibility index (Phi) is 2.91. The first-order chi connectivity index (χ1) is 8.25. The van der Waals surface area contributed by atoms with E-state index in [9.17, 15) is 0 Å². The van der Waals surface area contributed by atoms with Crippen LogP contribution in [-0.2, 0) is 4.74 Å². The van der Waals surface area contributed by atoms with Crippen LogP contribution in [0, 0.1) is 3.70 Å². The van der Waals surface area contributed by atoms with E-state index in [0.717, 1.165) is 34.2 Å². The molecular formula is C11H13IN4O. The molecule has 90 valence electrons. The van der Waals surface area contributed by atoms with E-state index >= 15 is 0 Å². The highest BCUT2D eigenvalue weighted by atomic mass is 127. The first-order valence-electron chi connectivity index (χ1n) is 5.66. The summed E-state index contributed by atoms with van der Waals surface area (Å²) in [6.07, 6.45) is 4.99. The third-order valence-electron chi connectivity index (χ3n) is 2.95. The molecule has 0 aromatic carbocycles. The van der Waals surface area contributed by atoms with Gasteiger partial charge in [0.1, 0.15) is 3.70 Å². The summed E-state index contributed by atoms with van der Waals surface area (Å²) in [6.45, 7) is 0.803. The highest BCUT2D eigenvalue weighted by Gasteiger charge is 2.21. The van der Waals surface area contributed by atoms with Crippen molar-refractivity contribution in [1.82, 2.24) is 14.8 Å². The quantitative estimate of drug-likeness (QED) is 0.807. The van der Waals surface area contributed by atoms with Crippen molar-refractivity contribution in [2.24, 2.45) is 0 Å². The van der Waals surface area contributed by atoms with Gasteiger partial charge in [0.25, 0.3) is 0 Å². The van der Waals surface area contributed by atoms with Gasteiger partial charge in [-0.3, -0.25) is 0 Å². The molecule has 6 heteroatoms. The van der Waals surface area contributed by atoms with Crippen molar-refractivity contribution in [3.63, 3.8) is 0 Å². The zero-order valence-corrected chi connectivity index (χ0v) is 11.4. The van der Waals surface area contributed by atoms with E-state index < -0.39 is 0 Å². The molecule has 1 saturated heterocycles.